The maximum atomic E-state index is 11.9. The molecule has 0 atom stereocenters. The van der Waals surface area contributed by atoms with Crippen LogP contribution in [-0.2, 0) is 0 Å². The third kappa shape index (κ3) is 3.18. The van der Waals surface area contributed by atoms with Crippen LogP contribution in [0.5, 0.6) is 0 Å². The SMILES string of the molecule is Br.[F][Mg][c]1ccccc1. The van der Waals surface area contributed by atoms with Crippen LogP contribution in [0.4, 0.5) is 2.96 Å². The van der Waals surface area contributed by atoms with Gasteiger partial charge in [-0.3, -0.25) is 0 Å². The van der Waals surface area contributed by atoms with Gasteiger partial charge in [0.15, 0.2) is 0 Å². The molecular formula is C6H6BrFMg. The molecule has 0 aliphatic rings. The van der Waals surface area contributed by atoms with E-state index in [9.17, 15) is 2.96 Å². The predicted molar refractivity (Wildman–Crippen MR) is 43.3 cm³/mol. The second kappa shape index (κ2) is 5.20. The summed E-state index contributed by atoms with van der Waals surface area (Å²) in [5.41, 5.74) is 0. The number of rotatable bonds is 1. The highest BCUT2D eigenvalue weighted by molar-refractivity contribution is 8.93. The van der Waals surface area contributed by atoms with E-state index in [0.29, 0.717) is 0 Å². The molecule has 0 aliphatic heterocycles. The molecule has 0 radical (unpaired) electrons. The molecule has 0 spiro atoms. The van der Waals surface area contributed by atoms with Crippen molar-refractivity contribution in [1.29, 1.82) is 0 Å². The maximum Gasteiger partial charge on any atom is 0.652 e. The van der Waals surface area contributed by atoms with Gasteiger partial charge in [0.2, 0.25) is 0 Å². The normalized spacial score (nSPS) is 7.22. The molecule has 1 aromatic rings. The van der Waals surface area contributed by atoms with Crippen LogP contribution in [0, 0.1) is 0 Å². The molecule has 0 fully saturated rings. The Bertz CT molecular complexity index is 154. The third-order valence-electron chi connectivity index (χ3n) is 0.997. The first-order valence-corrected chi connectivity index (χ1v) is 3.77. The standard InChI is InChI=1S/C6H5.BrH.FH.Mg/c1-2-4-6-5-3-1;;;/h1-5H;2*1H;/q;;;+1/p-1. The lowest BCUT2D eigenvalue weighted by Crippen LogP contribution is -2.06. The van der Waals surface area contributed by atoms with Crippen molar-refractivity contribution >= 4 is 41.6 Å². The van der Waals surface area contributed by atoms with Gasteiger partial charge in [0.05, 0.1) is 0 Å². The molecule has 1 aromatic carbocycles. The van der Waals surface area contributed by atoms with Crippen molar-refractivity contribution in [3.8, 4) is 0 Å². The van der Waals surface area contributed by atoms with Gasteiger partial charge in [-0.05, 0) is 0 Å². The van der Waals surface area contributed by atoms with Gasteiger partial charge < -0.3 is 2.96 Å². The Morgan fingerprint density at radius 2 is 1.67 bits per heavy atom. The van der Waals surface area contributed by atoms with Crippen LogP contribution in [0.15, 0.2) is 30.3 Å². The summed E-state index contributed by atoms with van der Waals surface area (Å²) in [4.78, 5) is 0. The minimum absolute atomic E-state index is 0. The summed E-state index contributed by atoms with van der Waals surface area (Å²) in [6.07, 6.45) is 0. The van der Waals surface area contributed by atoms with Gasteiger partial charge in [0.25, 0.3) is 0 Å². The van der Waals surface area contributed by atoms with Crippen molar-refractivity contribution in [2.75, 3.05) is 0 Å². The minimum atomic E-state index is -1.41. The first-order chi connectivity index (χ1) is 3.93. The molecule has 46 valence electrons. The molecule has 0 heterocycles. The molecule has 0 aliphatic carbocycles. The summed E-state index contributed by atoms with van der Waals surface area (Å²) in [5, 5.41) is 0. The van der Waals surface area contributed by atoms with Crippen LogP contribution < -0.4 is 3.69 Å². The lowest BCUT2D eigenvalue weighted by atomic mass is 10.4. The molecule has 9 heavy (non-hydrogen) atoms. The first kappa shape index (κ1) is 9.40. The number of hydrogen-bond acceptors (Lipinski definition) is 0. The third-order valence-corrected chi connectivity index (χ3v) is 1.78. The molecule has 0 nitrogen and oxygen atoms in total. The van der Waals surface area contributed by atoms with Crippen LogP contribution in [-0.4, -0.2) is 20.9 Å². The molecule has 3 heteroatoms. The van der Waals surface area contributed by atoms with Crippen molar-refractivity contribution < 1.29 is 2.96 Å². The van der Waals surface area contributed by atoms with Gasteiger partial charge in [0, 0.05) is 0 Å². The Hall–Kier alpha value is 0.396. The predicted octanol–water partition coefficient (Wildman–Crippen LogP) is 1.48. The van der Waals surface area contributed by atoms with E-state index in [4.69, 9.17) is 0 Å². The van der Waals surface area contributed by atoms with E-state index in [-0.39, 0.29) is 17.0 Å². The fraction of sp³-hybridized carbons (Fsp3) is 0. The lowest BCUT2D eigenvalue weighted by Gasteiger charge is -1.86. The zero-order valence-electron chi connectivity index (χ0n) is 4.88. The first-order valence-electron chi connectivity index (χ1n) is 2.53. The highest BCUT2D eigenvalue weighted by Crippen LogP contribution is 1.79. The van der Waals surface area contributed by atoms with Gasteiger partial charge in [-0.15, -0.1) is 20.7 Å². The summed E-state index contributed by atoms with van der Waals surface area (Å²) >= 11 is -1.41. The molecule has 0 amide bonds. The van der Waals surface area contributed by atoms with Crippen molar-refractivity contribution in [3.63, 3.8) is 0 Å². The highest BCUT2D eigenvalue weighted by Gasteiger charge is 1.93. The van der Waals surface area contributed by atoms with Gasteiger partial charge in [-0.1, -0.05) is 30.3 Å². The molecule has 0 unspecified atom stereocenters. The summed E-state index contributed by atoms with van der Waals surface area (Å²) in [6.45, 7) is 0. The lowest BCUT2D eigenvalue weighted by molar-refractivity contribution is 0.885. The topological polar surface area (TPSA) is 0 Å². The van der Waals surface area contributed by atoms with E-state index in [0.717, 1.165) is 3.69 Å². The Morgan fingerprint density at radius 3 is 2.00 bits per heavy atom. The summed E-state index contributed by atoms with van der Waals surface area (Å²) in [5.74, 6) is 0. The van der Waals surface area contributed by atoms with Crippen LogP contribution in [0.25, 0.3) is 0 Å². The molecule has 0 aromatic heterocycles. The van der Waals surface area contributed by atoms with Crippen LogP contribution in [0.2, 0.25) is 0 Å². The van der Waals surface area contributed by atoms with Crippen LogP contribution >= 0.6 is 17.0 Å². The smallest absolute Gasteiger partial charge is 0.475 e. The molecule has 1 rings (SSSR count). The molecule has 0 bridgehead atoms. The largest absolute Gasteiger partial charge is 0.652 e. The molecule has 0 saturated heterocycles. The van der Waals surface area contributed by atoms with Crippen LogP contribution in [0.1, 0.15) is 0 Å². The zero-order chi connectivity index (χ0) is 5.82. The molecular weight excluding hydrogens is 195 g/mol. The van der Waals surface area contributed by atoms with Gasteiger partial charge in [-0.25, -0.2) is 0 Å². The highest BCUT2D eigenvalue weighted by atomic mass is 79.9. The average Bonchev–Trinajstić information content (AvgIpc) is 1.90. The van der Waals surface area contributed by atoms with Crippen molar-refractivity contribution in [1.82, 2.24) is 0 Å². The fourth-order valence-electron chi connectivity index (χ4n) is 0.567. The Balaban J connectivity index is 0.000000640. The van der Waals surface area contributed by atoms with Gasteiger partial charge in [0.1, 0.15) is 0 Å². The number of benzene rings is 1. The number of halogens is 2. The second-order valence-electron chi connectivity index (χ2n) is 1.62. The van der Waals surface area contributed by atoms with Crippen molar-refractivity contribution in [2.24, 2.45) is 0 Å². The van der Waals surface area contributed by atoms with Gasteiger partial charge in [-0.2, -0.15) is 0 Å². The molecule has 0 saturated carbocycles. The van der Waals surface area contributed by atoms with Crippen molar-refractivity contribution in [3.05, 3.63) is 30.3 Å². The van der Waals surface area contributed by atoms with Crippen LogP contribution in [0.3, 0.4) is 0 Å². The van der Waals surface area contributed by atoms with E-state index in [1.165, 1.54) is 0 Å². The summed E-state index contributed by atoms with van der Waals surface area (Å²) < 4.78 is 12.7. The summed E-state index contributed by atoms with van der Waals surface area (Å²) in [6, 6.07) is 9.27. The van der Waals surface area contributed by atoms with E-state index in [2.05, 4.69) is 0 Å². The van der Waals surface area contributed by atoms with Crippen molar-refractivity contribution in [2.45, 2.75) is 0 Å². The zero-order valence-corrected chi connectivity index (χ0v) is 8.01. The van der Waals surface area contributed by atoms with E-state index >= 15 is 0 Å². The number of hydrogen-bond donors (Lipinski definition) is 0. The maximum absolute atomic E-state index is 11.9. The monoisotopic (exact) mass is 200 g/mol. The second-order valence-corrected chi connectivity index (χ2v) is 2.70. The van der Waals surface area contributed by atoms with E-state index in [1.54, 1.807) is 0 Å². The minimum Gasteiger partial charge on any atom is -0.475 e. The van der Waals surface area contributed by atoms with E-state index < -0.39 is 20.9 Å². The Labute approximate surface area is 74.7 Å². The fourth-order valence-corrected chi connectivity index (χ4v) is 1.02. The molecule has 0 N–H and O–H groups in total. The quantitative estimate of drug-likeness (QED) is 0.604. The Morgan fingerprint density at radius 1 is 1.11 bits per heavy atom. The average molecular weight is 201 g/mol. The van der Waals surface area contributed by atoms with E-state index in [1.807, 2.05) is 30.3 Å². The van der Waals surface area contributed by atoms with Gasteiger partial charge >= 0.3 is 20.9 Å². The summed E-state index contributed by atoms with van der Waals surface area (Å²) in [7, 11) is 0. The Kier molecular flexibility index (Phi) is 5.43.